The maximum atomic E-state index is 12.8. The summed E-state index contributed by atoms with van der Waals surface area (Å²) in [7, 11) is -1.99. The van der Waals surface area contributed by atoms with Crippen molar-refractivity contribution in [1.82, 2.24) is 19.3 Å². The molecule has 0 radical (unpaired) electrons. The molecule has 0 bridgehead atoms. The number of para-hydroxylation sites is 1. The monoisotopic (exact) mass is 428 g/mol. The highest BCUT2D eigenvalue weighted by atomic mass is 35.5. The zero-order chi connectivity index (χ0) is 20.6. The minimum atomic E-state index is -3.76. The summed E-state index contributed by atoms with van der Waals surface area (Å²) < 4.78 is 30.0. The zero-order valence-electron chi connectivity index (χ0n) is 16.1. The van der Waals surface area contributed by atoms with E-state index >= 15 is 0 Å². The van der Waals surface area contributed by atoms with Crippen LogP contribution < -0.4 is 4.72 Å². The molecule has 0 aliphatic heterocycles. The minimum Gasteiger partial charge on any atom is -0.361 e. The van der Waals surface area contributed by atoms with Crippen molar-refractivity contribution in [3.8, 4) is 0 Å². The number of nitrogens with zero attached hydrogens (tertiary/aromatic N) is 2. The molecule has 0 spiro atoms. The van der Waals surface area contributed by atoms with E-state index in [4.69, 9.17) is 11.6 Å². The van der Waals surface area contributed by atoms with Gasteiger partial charge in [0.05, 0.1) is 0 Å². The van der Waals surface area contributed by atoms with Crippen LogP contribution in [0.15, 0.2) is 66.0 Å². The first-order chi connectivity index (χ1) is 13.9. The molecule has 4 aromatic rings. The summed E-state index contributed by atoms with van der Waals surface area (Å²) in [6.07, 6.45) is 3.42. The fourth-order valence-corrected chi connectivity index (χ4v) is 4.80. The van der Waals surface area contributed by atoms with E-state index in [1.807, 2.05) is 54.7 Å². The third kappa shape index (κ3) is 3.81. The number of rotatable bonds is 6. The predicted octanol–water partition coefficient (Wildman–Crippen LogP) is 3.97. The first-order valence-electron chi connectivity index (χ1n) is 9.17. The van der Waals surface area contributed by atoms with Crippen LogP contribution in [0.3, 0.4) is 0 Å². The Labute approximate surface area is 174 Å². The molecular weight excluding hydrogens is 408 g/mol. The Morgan fingerprint density at radius 3 is 2.59 bits per heavy atom. The van der Waals surface area contributed by atoms with Crippen molar-refractivity contribution < 1.29 is 8.42 Å². The Bertz CT molecular complexity index is 1260. The minimum absolute atomic E-state index is 0.00864. The van der Waals surface area contributed by atoms with Gasteiger partial charge in [0.15, 0.2) is 5.03 Å². The summed E-state index contributed by atoms with van der Waals surface area (Å²) in [6, 6.07) is 15.4. The van der Waals surface area contributed by atoms with E-state index < -0.39 is 10.0 Å². The lowest BCUT2D eigenvalue weighted by Crippen LogP contribution is -2.29. The molecule has 0 saturated heterocycles. The molecular formula is C21H21ClN4O2S. The molecule has 1 unspecified atom stereocenters. The van der Waals surface area contributed by atoms with Crippen LogP contribution in [0.1, 0.15) is 22.9 Å². The predicted molar refractivity (Wildman–Crippen MR) is 115 cm³/mol. The number of aromatic nitrogens is 3. The van der Waals surface area contributed by atoms with E-state index in [1.165, 1.54) is 6.20 Å². The number of imidazole rings is 1. The third-order valence-corrected chi connectivity index (χ3v) is 6.75. The molecule has 0 saturated carbocycles. The number of fused-ring (bicyclic) bond motifs is 1. The Morgan fingerprint density at radius 1 is 1.14 bits per heavy atom. The number of aromatic amines is 1. The van der Waals surface area contributed by atoms with Gasteiger partial charge < -0.3 is 9.55 Å². The number of sulfonamides is 1. The molecule has 4 rings (SSSR count). The molecule has 2 heterocycles. The zero-order valence-corrected chi connectivity index (χ0v) is 17.6. The largest absolute Gasteiger partial charge is 0.361 e. The molecule has 29 heavy (non-hydrogen) atoms. The molecule has 0 fully saturated rings. The highest BCUT2D eigenvalue weighted by Crippen LogP contribution is 2.34. The summed E-state index contributed by atoms with van der Waals surface area (Å²) in [5, 5.41) is 1.63. The standard InChI is InChI=1S/C21H21ClN4O2S/c1-14-25-21(13-26(14)2)29(27,28)24-12-18(15-7-3-5-9-19(15)22)17-11-23-20-10-6-4-8-16(17)20/h3-11,13,18,23-24H,12H2,1-2H3. The number of hydrogen-bond donors (Lipinski definition) is 2. The maximum Gasteiger partial charge on any atom is 0.259 e. The van der Waals surface area contributed by atoms with Gasteiger partial charge in [-0.3, -0.25) is 0 Å². The fourth-order valence-electron chi connectivity index (χ4n) is 3.45. The summed E-state index contributed by atoms with van der Waals surface area (Å²) in [5.41, 5.74) is 2.83. The fraction of sp³-hybridized carbons (Fsp3) is 0.190. The van der Waals surface area contributed by atoms with E-state index in [9.17, 15) is 8.42 Å². The van der Waals surface area contributed by atoms with E-state index in [-0.39, 0.29) is 17.5 Å². The van der Waals surface area contributed by atoms with Gasteiger partial charge in [0.2, 0.25) is 0 Å². The van der Waals surface area contributed by atoms with E-state index in [2.05, 4.69) is 14.7 Å². The Morgan fingerprint density at radius 2 is 1.86 bits per heavy atom. The Kier molecular flexibility index (Phi) is 5.21. The average Bonchev–Trinajstić information content (AvgIpc) is 3.27. The van der Waals surface area contributed by atoms with Crippen molar-refractivity contribution in [2.75, 3.05) is 6.54 Å². The van der Waals surface area contributed by atoms with E-state index in [1.54, 1.807) is 18.5 Å². The van der Waals surface area contributed by atoms with Crippen LogP contribution in [-0.4, -0.2) is 29.5 Å². The molecule has 0 amide bonds. The van der Waals surface area contributed by atoms with Gasteiger partial charge in [0, 0.05) is 47.8 Å². The lowest BCUT2D eigenvalue weighted by atomic mass is 9.91. The molecule has 2 aromatic carbocycles. The lowest BCUT2D eigenvalue weighted by Gasteiger charge is -2.19. The second-order valence-electron chi connectivity index (χ2n) is 6.95. The quantitative estimate of drug-likeness (QED) is 0.487. The number of H-pyrrole nitrogens is 1. The SMILES string of the molecule is Cc1nc(S(=O)(=O)NCC(c2ccccc2Cl)c2c[nH]c3ccccc23)cn1C. The first kappa shape index (κ1) is 19.7. The maximum absolute atomic E-state index is 12.8. The molecule has 8 heteroatoms. The van der Waals surface area contributed by atoms with Crippen molar-refractivity contribution in [1.29, 1.82) is 0 Å². The number of aryl methyl sites for hydroxylation is 2. The smallest absolute Gasteiger partial charge is 0.259 e. The van der Waals surface area contributed by atoms with E-state index in [0.29, 0.717) is 10.8 Å². The lowest BCUT2D eigenvalue weighted by molar-refractivity contribution is 0.574. The van der Waals surface area contributed by atoms with Gasteiger partial charge in [0.1, 0.15) is 5.82 Å². The first-order valence-corrected chi connectivity index (χ1v) is 11.0. The summed E-state index contributed by atoms with van der Waals surface area (Å²) in [4.78, 5) is 7.40. The molecule has 2 N–H and O–H groups in total. The van der Waals surface area contributed by atoms with Gasteiger partial charge in [-0.1, -0.05) is 48.0 Å². The van der Waals surface area contributed by atoms with Gasteiger partial charge in [-0.2, -0.15) is 0 Å². The Balaban J connectivity index is 1.73. The highest BCUT2D eigenvalue weighted by Gasteiger charge is 2.25. The molecule has 2 aromatic heterocycles. The van der Waals surface area contributed by atoms with Crippen molar-refractivity contribution in [2.45, 2.75) is 17.9 Å². The summed E-state index contributed by atoms with van der Waals surface area (Å²) in [5.74, 6) is 0.365. The van der Waals surface area contributed by atoms with E-state index in [0.717, 1.165) is 22.0 Å². The highest BCUT2D eigenvalue weighted by molar-refractivity contribution is 7.89. The van der Waals surface area contributed by atoms with Crippen LogP contribution in [0.25, 0.3) is 10.9 Å². The van der Waals surface area contributed by atoms with Crippen LogP contribution in [-0.2, 0) is 17.1 Å². The molecule has 0 aliphatic carbocycles. The van der Waals surface area contributed by atoms with Crippen LogP contribution in [0.5, 0.6) is 0 Å². The normalized spacial score (nSPS) is 13.1. The van der Waals surface area contributed by atoms with Crippen LogP contribution in [0, 0.1) is 6.92 Å². The molecule has 6 nitrogen and oxygen atoms in total. The van der Waals surface area contributed by atoms with Crippen LogP contribution >= 0.6 is 11.6 Å². The third-order valence-electron chi connectivity index (χ3n) is 5.12. The van der Waals surface area contributed by atoms with Crippen LogP contribution in [0.2, 0.25) is 5.02 Å². The summed E-state index contributed by atoms with van der Waals surface area (Å²) in [6.45, 7) is 1.92. The topological polar surface area (TPSA) is 79.8 Å². The van der Waals surface area contributed by atoms with Gasteiger partial charge in [-0.25, -0.2) is 18.1 Å². The average molecular weight is 429 g/mol. The summed E-state index contributed by atoms with van der Waals surface area (Å²) >= 11 is 6.48. The van der Waals surface area contributed by atoms with Crippen LogP contribution in [0.4, 0.5) is 0 Å². The molecule has 0 aliphatic rings. The van der Waals surface area contributed by atoms with Gasteiger partial charge >= 0.3 is 0 Å². The van der Waals surface area contributed by atoms with Crippen molar-refractivity contribution in [3.05, 3.63) is 82.9 Å². The number of hydrogen-bond acceptors (Lipinski definition) is 3. The molecule has 150 valence electrons. The molecule has 1 atom stereocenters. The van der Waals surface area contributed by atoms with Crippen molar-refractivity contribution >= 4 is 32.5 Å². The number of halogens is 1. The number of nitrogens with one attached hydrogen (secondary N) is 2. The Hall–Kier alpha value is -2.61. The second kappa shape index (κ2) is 7.67. The van der Waals surface area contributed by atoms with Gasteiger partial charge in [-0.15, -0.1) is 0 Å². The van der Waals surface area contributed by atoms with Gasteiger partial charge in [-0.05, 0) is 30.2 Å². The number of benzene rings is 2. The second-order valence-corrected chi connectivity index (χ2v) is 9.07. The van der Waals surface area contributed by atoms with Gasteiger partial charge in [0.25, 0.3) is 10.0 Å². The van der Waals surface area contributed by atoms with Crippen molar-refractivity contribution in [2.24, 2.45) is 7.05 Å². The van der Waals surface area contributed by atoms with Crippen molar-refractivity contribution in [3.63, 3.8) is 0 Å².